The number of halogens is 3. The molecular weight excluding hydrogens is 1730 g/mol. The Labute approximate surface area is 913 Å². The van der Waals surface area contributed by atoms with Gasteiger partial charge in [-0.2, -0.15) is 0 Å². The van der Waals surface area contributed by atoms with Gasteiger partial charge in [0.05, 0.1) is 27.4 Å². The number of anilines is 3. The van der Waals surface area contributed by atoms with Crippen molar-refractivity contribution in [3.8, 4) is 0 Å². The maximum atomic E-state index is 12.1. The molecule has 95 heteroatoms. The number of nitrogens with two attached hydrogens (primary N) is 1. The normalized spacial score (nSPS) is 12.5. The fourth-order valence-corrected chi connectivity index (χ4v) is 20.0. The molecule has 140 heavy (non-hydrogen) atoms. The summed E-state index contributed by atoms with van der Waals surface area (Å²) in [4.78, 5) is 77.0. The number of ether oxygens (including phenoxy) is 3. The van der Waals surface area contributed by atoms with Crippen LogP contribution in [0.25, 0.3) is 0 Å². The molecule has 0 aromatic carbocycles. The number of carbonyl (C=O) groups excluding carboxylic acids is 3. The predicted octanol–water partition coefficient (Wildman–Crippen LogP) is -18.2. The lowest BCUT2D eigenvalue weighted by Crippen LogP contribution is -2.98. The van der Waals surface area contributed by atoms with E-state index in [1.807, 2.05) is 80.2 Å². The van der Waals surface area contributed by atoms with Gasteiger partial charge in [0.15, 0.2) is 0 Å². The highest BCUT2D eigenvalue weighted by Crippen LogP contribution is 2.37. The lowest BCUT2D eigenvalue weighted by atomic mass is 8.21. The van der Waals surface area contributed by atoms with Crippen LogP contribution in [0.5, 0.6) is 0 Å². The first-order chi connectivity index (χ1) is 64.1. The van der Waals surface area contributed by atoms with Crippen molar-refractivity contribution in [2.24, 2.45) is 0 Å². The fourth-order valence-electron chi connectivity index (χ4n) is 19.0. The second-order valence-corrected chi connectivity index (χ2v) is 40.1. The maximum Gasteiger partial charge on any atom is 0.410 e. The molecule has 22 nitrogen and oxygen atoms in total. The summed E-state index contributed by atoms with van der Waals surface area (Å²) in [6.45, 7) is 29.8. The first-order valence-electron chi connectivity index (χ1n) is 45.5. The zero-order valence-electron chi connectivity index (χ0n) is 82.5. The third kappa shape index (κ3) is 41.4. The molecule has 3 aromatic rings. The Balaban J connectivity index is 0.000000744. The van der Waals surface area contributed by atoms with Crippen molar-refractivity contribution in [1.29, 1.82) is 0 Å². The van der Waals surface area contributed by atoms with Crippen molar-refractivity contribution >= 4 is 577 Å². The minimum absolute atomic E-state index is 0.0116. The van der Waals surface area contributed by atoms with Crippen molar-refractivity contribution in [2.75, 3.05) is 94.1 Å². The van der Waals surface area contributed by atoms with E-state index < -0.39 is 238 Å². The number of nitro groups is 2. The van der Waals surface area contributed by atoms with Gasteiger partial charge in [0, 0.05) is 591 Å². The van der Waals surface area contributed by atoms with Crippen molar-refractivity contribution in [3.63, 3.8) is 0 Å². The second-order valence-electron chi connectivity index (χ2n) is 39.0. The molecule has 3 aliphatic heterocycles. The number of hydrogen-bond donors (Lipinski definition) is 2. The molecule has 0 saturated carbocycles. The number of rotatable bonds is 37. The van der Waals surface area contributed by atoms with Gasteiger partial charge in [-0.05, 0) is 101 Å². The van der Waals surface area contributed by atoms with Gasteiger partial charge >= 0.3 is 29.7 Å². The highest BCUT2D eigenvalue weighted by atomic mass is 35.5. The molecule has 72 radical (unpaired) electrons. The largest absolute Gasteiger partial charge is 0.444 e. The van der Waals surface area contributed by atoms with Gasteiger partial charge in [0.25, 0.3) is 0 Å². The van der Waals surface area contributed by atoms with E-state index >= 15 is 0 Å². The van der Waals surface area contributed by atoms with Crippen LogP contribution in [0.15, 0.2) is 24.4 Å². The Morgan fingerprint density at radius 3 is 0.750 bits per heavy atom. The number of carbonyl (C=O) groups is 3. The monoisotopic (exact) mass is 1810 g/mol. The molecule has 0 spiro atoms. The number of amides is 3. The second kappa shape index (κ2) is 61.5. The van der Waals surface area contributed by atoms with Crippen molar-refractivity contribution in [1.82, 2.24) is 35.0 Å². The van der Waals surface area contributed by atoms with Gasteiger partial charge in [0.2, 0.25) is 10.3 Å². The number of hydrogen-bond acceptors (Lipinski definition) is 17. The Hall–Kier alpha value is -1.16. The van der Waals surface area contributed by atoms with Gasteiger partial charge < -0.3 is 49.8 Å². The van der Waals surface area contributed by atoms with Gasteiger partial charge in [-0.1, -0.05) is 34.8 Å². The predicted molar refractivity (Wildman–Crippen MR) is 673 cm³/mol. The molecule has 0 bridgehead atoms. The molecule has 0 aliphatic carbocycles. The Morgan fingerprint density at radius 1 is 0.329 bits per heavy atom. The van der Waals surface area contributed by atoms with Gasteiger partial charge in [-0.25, -0.2) is 24.4 Å². The molecule has 0 unspecified atom stereocenters. The van der Waals surface area contributed by atoms with Gasteiger partial charge in [0.1, 0.15) is 27.5 Å². The summed E-state index contributed by atoms with van der Waals surface area (Å²) in [5.74, 6) is 0. The van der Waals surface area contributed by atoms with Crippen LogP contribution in [0, 0.1) is 41.0 Å². The van der Waals surface area contributed by atoms with Crippen LogP contribution in [-0.4, -0.2) is 649 Å². The van der Waals surface area contributed by atoms with Gasteiger partial charge in [-0.15, -0.1) is 0 Å². The van der Waals surface area contributed by atoms with E-state index in [0.29, 0.717) is 62.0 Å². The highest BCUT2D eigenvalue weighted by molar-refractivity contribution is 8.40. The molecule has 3 N–H and O–H groups in total. The van der Waals surface area contributed by atoms with E-state index in [4.69, 9.17) is 333 Å². The summed E-state index contributed by atoms with van der Waals surface area (Å²) in [5.41, 5.74) is 8.24. The first-order valence-corrected chi connectivity index (χ1v) is 46.6. The molecule has 3 amide bonds. The summed E-state index contributed by atoms with van der Waals surface area (Å²) in [6, 6.07) is 5.02. The summed E-state index contributed by atoms with van der Waals surface area (Å²) in [7, 11) is 242. The SMILES string of the molecule is CC(C)(C)OC(=O)N1CCNCC1.Cc1cc(Cl)c([N+](=O)[O-])c(Cl)n1.Cc1cc(N2CCN(C(=O)OC(C)(C)C)CC2)c(N)cn1.Cc1cc(N2CCN(C(=O)OC(C)(C)C)CC2)c([N+](=O)[O-])c(Cl)n1.[B]B([B])B(B([B])[B])B(B(B([B])[B])B([B])[B])B(B(B([B])[B])B([B])[B])B(B(B(B([B])[B])B([B])[B])B(B([B])[B])B([B])[B])B(B(B(B([B])[B])B([B])[B])B(B([B])[B])B([B])[B])B(B(B([B])[B])B([B])[B])B(B([B])[B])B([B])[B]. The van der Waals surface area contributed by atoms with Crippen molar-refractivity contribution in [3.05, 3.63) is 77.0 Å². The quantitative estimate of drug-likeness (QED) is 0.0179. The highest BCUT2D eigenvalue weighted by Gasteiger charge is 2.65. The number of aryl methyl sites for hydroxylation is 3. The lowest BCUT2D eigenvalue weighted by Gasteiger charge is -2.60. The molecule has 0 atom stereocenters. The fraction of sp³-hybridized carbons (Fsp3) is 0.600. The van der Waals surface area contributed by atoms with Crippen molar-refractivity contribution < 1.29 is 38.4 Å². The minimum Gasteiger partial charge on any atom is -0.444 e. The average molecular weight is 1800 g/mol. The summed E-state index contributed by atoms with van der Waals surface area (Å²) in [6.07, 6.45) is -52.1. The van der Waals surface area contributed by atoms with E-state index in [1.54, 1.807) is 40.8 Å². The number of piperazine rings is 3. The Kier molecular flexibility index (Phi) is 59.3. The van der Waals surface area contributed by atoms with Crippen LogP contribution < -0.4 is 20.9 Å². The Bertz CT molecular complexity index is 4050. The molecular formula is C45H67B70Cl3N12O10. The van der Waals surface area contributed by atoms with Crippen molar-refractivity contribution in [2.45, 2.75) is 99.9 Å². The summed E-state index contributed by atoms with van der Waals surface area (Å²) < 4.78 is 16.0. The number of nitrogen functional groups attached to an aromatic ring is 1. The molecule has 3 aromatic heterocycles. The molecule has 3 saturated heterocycles. The van der Waals surface area contributed by atoms with E-state index in [9.17, 15) is 34.6 Å². The van der Waals surface area contributed by atoms with Crippen LogP contribution >= 0.6 is 34.8 Å². The van der Waals surface area contributed by atoms with Crippen LogP contribution in [0.2, 0.25) is 15.3 Å². The van der Waals surface area contributed by atoms with Crippen LogP contribution in [0.4, 0.5) is 42.8 Å². The molecule has 3 fully saturated rings. The number of aromatic nitrogens is 3. The lowest BCUT2D eigenvalue weighted by molar-refractivity contribution is -0.384. The van der Waals surface area contributed by atoms with Crippen LogP contribution in [0.1, 0.15) is 79.4 Å². The van der Waals surface area contributed by atoms with E-state index in [-0.39, 0.29) is 50.6 Å². The first kappa shape index (κ1) is 135. The Morgan fingerprint density at radius 2 is 0.529 bits per heavy atom. The third-order valence-electron chi connectivity index (χ3n) is 24.5. The molecule has 3 aliphatic rings. The maximum absolute atomic E-state index is 12.1. The smallest absolute Gasteiger partial charge is 0.410 e. The number of nitrogens with zero attached hydrogens (tertiary/aromatic N) is 10. The zero-order valence-corrected chi connectivity index (χ0v) is 84.7. The summed E-state index contributed by atoms with van der Waals surface area (Å²) >= 11 is 17.0. The molecule has 6 rings (SSSR count). The zero-order chi connectivity index (χ0) is 109. The van der Waals surface area contributed by atoms with E-state index in [1.165, 1.54) is 6.07 Å². The number of nitrogens with one attached hydrogen (secondary N) is 1. The molecule has 6 heterocycles. The van der Waals surface area contributed by atoms with Gasteiger partial charge in [-0.3, -0.25) is 25.2 Å². The topological polar surface area (TPSA) is 258 Å². The third-order valence-corrected chi connectivity index (χ3v) is 25.3. The summed E-state index contributed by atoms with van der Waals surface area (Å²) in [5, 5.41) is 24.5. The standard InChI is InChI=1S/C15H21ClN4O4.C15H24N4O2.C9H18N2O2.C6H4Cl2N2O2.B70/c1-10-9-11(12(20(22)23)13(16)17-10)18-5-7-19(8-6-18)14(21)24-15(2,3)4;1-11-9-13(12(16)10-17-11)18-5-7-19(8-6-18)14(20)21-15(2,3)4;1-9(2,3)13-8(12)11-6-4-10-5-7-11;1-3-2-4(7)5(10(11)12)6(8)9-3;1-37(2)55(38(3)4)64(56(39(5)6)40(7)8)68(63(53(33)34)54(35)36)70(67(61(49(25)26)50(27)28)62(51(29)30)52(31)32)69(65(57(41(9)10)42(11)12)58(43(13)14)44(15)16)66(59(45(17)18)46(19)20)60(47(21)22)48(23)24/h9H,5-8H2,1-4H3;9-10H,5-8,16H2,1-4H3;10H,4-7H2,1-3H3;2H,1H3;. The minimum atomic E-state index is -1.72. The van der Waals surface area contributed by atoms with Crippen LogP contribution in [0.3, 0.4) is 0 Å². The number of pyridine rings is 3. The van der Waals surface area contributed by atoms with Crippen LogP contribution in [-0.2, 0) is 14.2 Å². The van der Waals surface area contributed by atoms with E-state index in [2.05, 4.69) is 25.2 Å². The van der Waals surface area contributed by atoms with E-state index in [0.717, 1.165) is 50.6 Å². The molecule has 598 valence electrons. The average Bonchev–Trinajstić information content (AvgIpc) is 0.716.